The lowest BCUT2D eigenvalue weighted by molar-refractivity contribution is 0.286. The molecule has 0 saturated carbocycles. The molecule has 8 nitrogen and oxygen atoms in total. The highest BCUT2D eigenvalue weighted by Gasteiger charge is 2.20. The molecule has 0 bridgehead atoms. The number of hydrogen-bond acceptors (Lipinski definition) is 7. The van der Waals surface area contributed by atoms with Crippen LogP contribution in [0.2, 0.25) is 0 Å². The molecule has 2 aromatic heterocycles. The number of aryl methyl sites for hydroxylation is 1. The number of imidazole rings is 1. The van der Waals surface area contributed by atoms with Crippen molar-refractivity contribution in [1.29, 1.82) is 0 Å². The average molecular weight is 310 g/mol. The molecule has 1 aliphatic heterocycles. The maximum Gasteiger partial charge on any atom is 0.165 e. The maximum atomic E-state index is 11.4. The fourth-order valence-corrected chi connectivity index (χ4v) is 3.78. The van der Waals surface area contributed by atoms with Gasteiger partial charge in [0.05, 0.1) is 17.8 Å². The van der Waals surface area contributed by atoms with E-state index in [1.807, 2.05) is 4.57 Å². The summed E-state index contributed by atoms with van der Waals surface area (Å²) < 4.78 is 24.7. The van der Waals surface area contributed by atoms with Crippen molar-refractivity contribution in [2.24, 2.45) is 0 Å². The summed E-state index contributed by atoms with van der Waals surface area (Å²) >= 11 is 0. The van der Waals surface area contributed by atoms with Crippen LogP contribution in [0.3, 0.4) is 0 Å². The van der Waals surface area contributed by atoms with E-state index in [-0.39, 0.29) is 11.5 Å². The van der Waals surface area contributed by atoms with Crippen LogP contribution in [0.15, 0.2) is 12.7 Å². The SMILES string of the molecule is Nc1ncnc2c1ncn2CCCN1CCS(=O)(=O)CC1. The largest absolute Gasteiger partial charge is 0.382 e. The zero-order chi connectivity index (χ0) is 14.9. The Kier molecular flexibility index (Phi) is 3.77. The number of hydrogen-bond donors (Lipinski definition) is 1. The Hall–Kier alpha value is -1.74. The second-order valence-corrected chi connectivity index (χ2v) is 7.52. The van der Waals surface area contributed by atoms with E-state index in [4.69, 9.17) is 5.73 Å². The molecule has 21 heavy (non-hydrogen) atoms. The van der Waals surface area contributed by atoms with Gasteiger partial charge < -0.3 is 15.2 Å². The Balaban J connectivity index is 1.57. The number of aromatic nitrogens is 4. The van der Waals surface area contributed by atoms with Crippen molar-refractivity contribution in [3.8, 4) is 0 Å². The number of nitrogens with zero attached hydrogens (tertiary/aromatic N) is 5. The van der Waals surface area contributed by atoms with Gasteiger partial charge in [-0.25, -0.2) is 23.4 Å². The van der Waals surface area contributed by atoms with Crippen molar-refractivity contribution >= 4 is 26.8 Å². The highest BCUT2D eigenvalue weighted by atomic mass is 32.2. The summed E-state index contributed by atoms with van der Waals surface area (Å²) in [5, 5.41) is 0. The minimum absolute atomic E-state index is 0.269. The molecule has 0 amide bonds. The number of anilines is 1. The van der Waals surface area contributed by atoms with E-state index in [2.05, 4.69) is 19.9 Å². The summed E-state index contributed by atoms with van der Waals surface area (Å²) in [6.45, 7) is 2.90. The fourth-order valence-electron chi connectivity index (χ4n) is 2.50. The van der Waals surface area contributed by atoms with Gasteiger partial charge in [-0.15, -0.1) is 0 Å². The van der Waals surface area contributed by atoms with Gasteiger partial charge in [0.2, 0.25) is 0 Å². The molecule has 3 rings (SSSR count). The maximum absolute atomic E-state index is 11.4. The van der Waals surface area contributed by atoms with E-state index >= 15 is 0 Å². The van der Waals surface area contributed by atoms with E-state index in [1.165, 1.54) is 6.33 Å². The molecule has 0 aliphatic carbocycles. The van der Waals surface area contributed by atoms with Crippen LogP contribution < -0.4 is 5.73 Å². The molecule has 2 aromatic rings. The van der Waals surface area contributed by atoms with Gasteiger partial charge in [-0.2, -0.15) is 0 Å². The monoisotopic (exact) mass is 310 g/mol. The minimum Gasteiger partial charge on any atom is -0.382 e. The van der Waals surface area contributed by atoms with Crippen LogP contribution in [0.25, 0.3) is 11.2 Å². The van der Waals surface area contributed by atoms with Gasteiger partial charge in [0.25, 0.3) is 0 Å². The summed E-state index contributed by atoms with van der Waals surface area (Å²) in [5.74, 6) is 0.926. The molecule has 3 heterocycles. The first-order valence-electron chi connectivity index (χ1n) is 6.89. The van der Waals surface area contributed by atoms with Gasteiger partial charge in [0, 0.05) is 19.6 Å². The van der Waals surface area contributed by atoms with Crippen LogP contribution in [0.1, 0.15) is 6.42 Å². The van der Waals surface area contributed by atoms with Crippen molar-refractivity contribution in [3.05, 3.63) is 12.7 Å². The lowest BCUT2D eigenvalue weighted by atomic mass is 10.3. The smallest absolute Gasteiger partial charge is 0.165 e. The number of nitrogens with two attached hydrogens (primary N) is 1. The first-order chi connectivity index (χ1) is 10.1. The number of fused-ring (bicyclic) bond motifs is 1. The van der Waals surface area contributed by atoms with Crippen LogP contribution in [0, 0.1) is 0 Å². The Labute approximate surface area is 122 Å². The van der Waals surface area contributed by atoms with Crippen LogP contribution in [0.4, 0.5) is 5.82 Å². The van der Waals surface area contributed by atoms with Gasteiger partial charge in [-0.1, -0.05) is 0 Å². The van der Waals surface area contributed by atoms with Gasteiger partial charge in [0.1, 0.15) is 11.8 Å². The summed E-state index contributed by atoms with van der Waals surface area (Å²) in [6.07, 6.45) is 4.07. The fraction of sp³-hybridized carbons (Fsp3) is 0.583. The van der Waals surface area contributed by atoms with Gasteiger partial charge in [0.15, 0.2) is 21.3 Å². The molecular weight excluding hydrogens is 292 g/mol. The second-order valence-electron chi connectivity index (χ2n) is 5.22. The average Bonchev–Trinajstić information content (AvgIpc) is 2.86. The topological polar surface area (TPSA) is 107 Å². The molecule has 1 fully saturated rings. The van der Waals surface area contributed by atoms with Gasteiger partial charge >= 0.3 is 0 Å². The first-order valence-corrected chi connectivity index (χ1v) is 8.71. The van der Waals surface area contributed by atoms with E-state index in [0.717, 1.165) is 25.2 Å². The Morgan fingerprint density at radius 1 is 1.14 bits per heavy atom. The standard InChI is InChI=1S/C12H18N6O2S/c13-11-10-12(15-8-14-11)18(9-16-10)3-1-2-17-4-6-21(19,20)7-5-17/h8-9H,1-7H2,(H2,13,14,15). The van der Waals surface area contributed by atoms with Gasteiger partial charge in [-0.3, -0.25) is 0 Å². The Morgan fingerprint density at radius 2 is 1.90 bits per heavy atom. The normalized spacial score (nSPS) is 19.0. The van der Waals surface area contributed by atoms with E-state index < -0.39 is 9.84 Å². The van der Waals surface area contributed by atoms with E-state index in [1.54, 1.807) is 6.33 Å². The third-order valence-electron chi connectivity index (χ3n) is 3.74. The molecule has 9 heteroatoms. The summed E-state index contributed by atoms with van der Waals surface area (Å²) in [7, 11) is -2.81. The van der Waals surface area contributed by atoms with E-state index in [0.29, 0.717) is 24.4 Å². The molecule has 0 unspecified atom stereocenters. The Morgan fingerprint density at radius 3 is 2.67 bits per heavy atom. The van der Waals surface area contributed by atoms with Crippen LogP contribution in [-0.4, -0.2) is 64.0 Å². The van der Waals surface area contributed by atoms with Gasteiger partial charge in [-0.05, 0) is 13.0 Å². The molecule has 0 radical (unpaired) electrons. The number of nitrogen functional groups attached to an aromatic ring is 1. The third-order valence-corrected chi connectivity index (χ3v) is 5.35. The zero-order valence-electron chi connectivity index (χ0n) is 11.6. The predicted molar refractivity (Wildman–Crippen MR) is 79.4 cm³/mol. The van der Waals surface area contributed by atoms with Crippen molar-refractivity contribution in [2.75, 3.05) is 36.9 Å². The van der Waals surface area contributed by atoms with Crippen LogP contribution >= 0.6 is 0 Å². The molecule has 0 aromatic carbocycles. The number of rotatable bonds is 4. The molecular formula is C12H18N6O2S. The minimum atomic E-state index is -2.81. The summed E-state index contributed by atoms with van der Waals surface area (Å²) in [6, 6.07) is 0. The Bertz CT molecular complexity index is 727. The first kappa shape index (κ1) is 14.2. The molecule has 1 saturated heterocycles. The molecule has 2 N–H and O–H groups in total. The van der Waals surface area contributed by atoms with Crippen molar-refractivity contribution < 1.29 is 8.42 Å². The lowest BCUT2D eigenvalue weighted by Gasteiger charge is -2.26. The van der Waals surface area contributed by atoms with Crippen LogP contribution in [0.5, 0.6) is 0 Å². The van der Waals surface area contributed by atoms with Crippen molar-refractivity contribution in [3.63, 3.8) is 0 Å². The lowest BCUT2D eigenvalue weighted by Crippen LogP contribution is -2.40. The highest BCUT2D eigenvalue weighted by molar-refractivity contribution is 7.91. The summed E-state index contributed by atoms with van der Waals surface area (Å²) in [4.78, 5) is 14.5. The van der Waals surface area contributed by atoms with E-state index in [9.17, 15) is 8.42 Å². The quantitative estimate of drug-likeness (QED) is 0.813. The summed E-state index contributed by atoms with van der Waals surface area (Å²) in [5.41, 5.74) is 7.11. The molecule has 1 aliphatic rings. The molecule has 0 spiro atoms. The van der Waals surface area contributed by atoms with Crippen LogP contribution in [-0.2, 0) is 16.4 Å². The second kappa shape index (κ2) is 5.57. The number of sulfone groups is 1. The zero-order valence-corrected chi connectivity index (χ0v) is 12.5. The van der Waals surface area contributed by atoms with Crippen molar-refractivity contribution in [2.45, 2.75) is 13.0 Å². The predicted octanol–water partition coefficient (Wildman–Crippen LogP) is -0.471. The molecule has 114 valence electrons. The molecule has 0 atom stereocenters. The van der Waals surface area contributed by atoms with Crippen molar-refractivity contribution in [1.82, 2.24) is 24.4 Å². The highest BCUT2D eigenvalue weighted by Crippen LogP contribution is 2.14. The third kappa shape index (κ3) is 3.13.